The molecule has 0 spiro atoms. The van der Waals surface area contributed by atoms with Crippen molar-refractivity contribution < 1.29 is 9.53 Å². The summed E-state index contributed by atoms with van der Waals surface area (Å²) >= 11 is 1.57. The molecular formula is C12H19N3O2S. The van der Waals surface area contributed by atoms with Crippen LogP contribution in [0.5, 0.6) is 0 Å². The second-order valence-corrected chi connectivity index (χ2v) is 6.00. The largest absolute Gasteiger partial charge is 0.379 e. The lowest BCUT2D eigenvalue weighted by Gasteiger charge is -2.30. The molecule has 0 radical (unpaired) electrons. The highest BCUT2D eigenvalue weighted by atomic mass is 32.1. The smallest absolute Gasteiger partial charge is 0.232 e. The van der Waals surface area contributed by atoms with Crippen molar-refractivity contribution in [3.63, 3.8) is 0 Å². The van der Waals surface area contributed by atoms with Crippen molar-refractivity contribution in [2.45, 2.75) is 26.4 Å². The fraction of sp³-hybridized carbons (Fsp3) is 0.667. The zero-order valence-corrected chi connectivity index (χ0v) is 11.8. The molecule has 5 nitrogen and oxygen atoms in total. The molecule has 6 heteroatoms. The molecule has 1 aliphatic rings. The van der Waals surface area contributed by atoms with E-state index in [1.807, 2.05) is 13.8 Å². The molecule has 1 amide bonds. The first-order chi connectivity index (χ1) is 8.45. The van der Waals surface area contributed by atoms with Gasteiger partial charge in [0.25, 0.3) is 0 Å². The minimum absolute atomic E-state index is 0.0419. The molecule has 0 saturated carbocycles. The van der Waals surface area contributed by atoms with Gasteiger partial charge in [-0.2, -0.15) is 0 Å². The number of carbonyl (C=O) groups is 1. The maximum Gasteiger partial charge on any atom is 0.232 e. The maximum absolute atomic E-state index is 12.5. The predicted molar refractivity (Wildman–Crippen MR) is 70.2 cm³/mol. The minimum atomic E-state index is -0.604. The lowest BCUT2D eigenvalue weighted by atomic mass is 9.84. The molecule has 1 aromatic rings. The Labute approximate surface area is 111 Å². The summed E-state index contributed by atoms with van der Waals surface area (Å²) in [5.41, 5.74) is 8.15. The van der Waals surface area contributed by atoms with Crippen LogP contribution in [0.25, 0.3) is 0 Å². The fourth-order valence-corrected chi connectivity index (χ4v) is 2.94. The number of aromatic nitrogens is 1. The summed E-state index contributed by atoms with van der Waals surface area (Å²) in [5.74, 6) is 0.0419. The summed E-state index contributed by atoms with van der Waals surface area (Å²) in [7, 11) is 1.80. The van der Waals surface area contributed by atoms with Crippen LogP contribution >= 0.6 is 11.3 Å². The molecule has 100 valence electrons. The maximum atomic E-state index is 12.5. The van der Waals surface area contributed by atoms with Gasteiger partial charge in [-0.05, 0) is 13.8 Å². The average Bonchev–Trinajstić information content (AvgIpc) is 2.87. The van der Waals surface area contributed by atoms with Gasteiger partial charge in [-0.15, -0.1) is 11.3 Å². The molecule has 1 aliphatic heterocycles. The van der Waals surface area contributed by atoms with E-state index < -0.39 is 5.41 Å². The number of amides is 1. The summed E-state index contributed by atoms with van der Waals surface area (Å²) in [6, 6.07) is -0.227. The number of hydrogen-bond donors (Lipinski definition) is 1. The summed E-state index contributed by atoms with van der Waals surface area (Å²) < 4.78 is 5.32. The van der Waals surface area contributed by atoms with Crippen LogP contribution in [0.15, 0.2) is 5.51 Å². The van der Waals surface area contributed by atoms with E-state index in [-0.39, 0.29) is 11.9 Å². The van der Waals surface area contributed by atoms with Crippen molar-refractivity contribution >= 4 is 17.2 Å². The van der Waals surface area contributed by atoms with Gasteiger partial charge in [-0.3, -0.25) is 4.79 Å². The molecule has 1 fully saturated rings. The highest BCUT2D eigenvalue weighted by molar-refractivity contribution is 7.09. The molecular weight excluding hydrogens is 250 g/mol. The average molecular weight is 269 g/mol. The quantitative estimate of drug-likeness (QED) is 0.880. The molecule has 2 rings (SSSR count). The number of thiazole rings is 1. The number of carbonyl (C=O) groups excluding carboxylic acids is 1. The zero-order chi connectivity index (χ0) is 13.3. The van der Waals surface area contributed by atoms with Gasteiger partial charge < -0.3 is 15.4 Å². The van der Waals surface area contributed by atoms with Gasteiger partial charge >= 0.3 is 0 Å². The van der Waals surface area contributed by atoms with Crippen LogP contribution < -0.4 is 5.73 Å². The van der Waals surface area contributed by atoms with Gasteiger partial charge in [0.1, 0.15) is 0 Å². The van der Waals surface area contributed by atoms with Gasteiger partial charge in [0.05, 0.1) is 36.4 Å². The molecule has 0 aliphatic carbocycles. The van der Waals surface area contributed by atoms with Crippen LogP contribution in [0, 0.1) is 12.3 Å². The normalized spacial score (nSPS) is 27.4. The second kappa shape index (κ2) is 4.95. The van der Waals surface area contributed by atoms with E-state index in [9.17, 15) is 4.79 Å². The van der Waals surface area contributed by atoms with E-state index in [0.29, 0.717) is 19.8 Å². The Bertz CT molecular complexity index is 448. The van der Waals surface area contributed by atoms with Crippen LogP contribution in [0.3, 0.4) is 0 Å². The molecule has 0 aromatic carbocycles. The van der Waals surface area contributed by atoms with Gasteiger partial charge in [0.15, 0.2) is 0 Å². The number of ether oxygens (including phenoxy) is 1. The lowest BCUT2D eigenvalue weighted by molar-refractivity contribution is -0.140. The standard InChI is InChI=1S/C12H19N3O2S/c1-8-9(18-7-14-8)4-15(3)11(16)12(2)6-17-5-10(12)13/h7,10H,4-6,13H2,1-3H3. The van der Waals surface area contributed by atoms with Crippen LogP contribution in [0.1, 0.15) is 17.5 Å². The van der Waals surface area contributed by atoms with E-state index in [1.54, 1.807) is 28.8 Å². The third-order valence-electron chi connectivity index (χ3n) is 3.58. The molecule has 2 unspecified atom stereocenters. The minimum Gasteiger partial charge on any atom is -0.379 e. The summed E-state index contributed by atoms with van der Waals surface area (Å²) in [6.07, 6.45) is 0. The predicted octanol–water partition coefficient (Wildman–Crippen LogP) is 0.774. The third kappa shape index (κ3) is 2.28. The number of nitrogens with two attached hydrogens (primary N) is 1. The Morgan fingerprint density at radius 3 is 3.00 bits per heavy atom. The van der Waals surface area contributed by atoms with Gasteiger partial charge in [-0.1, -0.05) is 0 Å². The van der Waals surface area contributed by atoms with Crippen molar-refractivity contribution in [2.24, 2.45) is 11.1 Å². The van der Waals surface area contributed by atoms with E-state index in [4.69, 9.17) is 10.5 Å². The van der Waals surface area contributed by atoms with Crippen LogP contribution in [-0.2, 0) is 16.1 Å². The number of nitrogens with zero attached hydrogens (tertiary/aromatic N) is 2. The second-order valence-electron chi connectivity index (χ2n) is 5.06. The highest BCUT2D eigenvalue weighted by Crippen LogP contribution is 2.30. The topological polar surface area (TPSA) is 68.5 Å². The first-order valence-corrected chi connectivity index (χ1v) is 6.81. The van der Waals surface area contributed by atoms with Crippen molar-refractivity contribution in [1.82, 2.24) is 9.88 Å². The summed E-state index contributed by atoms with van der Waals surface area (Å²) in [5, 5.41) is 0. The zero-order valence-electron chi connectivity index (χ0n) is 11.0. The molecule has 1 aromatic heterocycles. The summed E-state index contributed by atoms with van der Waals surface area (Å²) in [6.45, 7) is 5.27. The third-order valence-corrected chi connectivity index (χ3v) is 4.50. The lowest BCUT2D eigenvalue weighted by Crippen LogP contribution is -2.50. The molecule has 1 saturated heterocycles. The SMILES string of the molecule is Cc1ncsc1CN(C)C(=O)C1(C)COCC1N. The molecule has 18 heavy (non-hydrogen) atoms. The van der Waals surface area contributed by atoms with Gasteiger partial charge in [-0.25, -0.2) is 4.98 Å². The van der Waals surface area contributed by atoms with Crippen LogP contribution in [0.2, 0.25) is 0 Å². The number of hydrogen-bond acceptors (Lipinski definition) is 5. The van der Waals surface area contributed by atoms with E-state index in [2.05, 4.69) is 4.98 Å². The fourth-order valence-electron chi connectivity index (χ4n) is 2.11. The Hall–Kier alpha value is -0.980. The molecule has 0 bridgehead atoms. The van der Waals surface area contributed by atoms with Crippen molar-refractivity contribution in [2.75, 3.05) is 20.3 Å². The molecule has 2 N–H and O–H groups in total. The van der Waals surface area contributed by atoms with Gasteiger partial charge in [0.2, 0.25) is 5.91 Å². The van der Waals surface area contributed by atoms with E-state index >= 15 is 0 Å². The van der Waals surface area contributed by atoms with Crippen molar-refractivity contribution in [3.8, 4) is 0 Å². The number of aryl methyl sites for hydroxylation is 1. The van der Waals surface area contributed by atoms with Crippen LogP contribution in [-0.4, -0.2) is 42.1 Å². The summed E-state index contributed by atoms with van der Waals surface area (Å²) in [4.78, 5) is 19.5. The van der Waals surface area contributed by atoms with E-state index in [1.165, 1.54) is 0 Å². The number of rotatable bonds is 3. The highest BCUT2D eigenvalue weighted by Gasteiger charge is 2.45. The Morgan fingerprint density at radius 2 is 2.50 bits per heavy atom. The van der Waals surface area contributed by atoms with Crippen molar-refractivity contribution in [1.29, 1.82) is 0 Å². The first-order valence-electron chi connectivity index (χ1n) is 5.93. The Balaban J connectivity index is 2.07. The van der Waals surface area contributed by atoms with Crippen LogP contribution in [0.4, 0.5) is 0 Å². The van der Waals surface area contributed by atoms with Crippen molar-refractivity contribution in [3.05, 3.63) is 16.1 Å². The molecule has 2 atom stereocenters. The Kier molecular flexibility index (Phi) is 3.70. The first kappa shape index (κ1) is 13.5. The Morgan fingerprint density at radius 1 is 1.78 bits per heavy atom. The van der Waals surface area contributed by atoms with E-state index in [0.717, 1.165) is 10.6 Å². The monoisotopic (exact) mass is 269 g/mol. The van der Waals surface area contributed by atoms with Gasteiger partial charge in [0, 0.05) is 18.0 Å². The molecule has 2 heterocycles.